The summed E-state index contributed by atoms with van der Waals surface area (Å²) >= 11 is 0. The molecule has 0 atom stereocenters. The maximum atomic E-state index is 12.7. The molecule has 0 bridgehead atoms. The lowest BCUT2D eigenvalue weighted by Crippen LogP contribution is -2.40. The van der Waals surface area contributed by atoms with E-state index in [1.54, 1.807) is 7.11 Å². The van der Waals surface area contributed by atoms with Gasteiger partial charge in [-0.1, -0.05) is 18.1 Å². The number of hydrogen-bond donors (Lipinski definition) is 2. The van der Waals surface area contributed by atoms with Gasteiger partial charge >= 0.3 is 5.69 Å². The number of aromatic nitrogens is 4. The Labute approximate surface area is 161 Å². The van der Waals surface area contributed by atoms with E-state index >= 15 is 0 Å². The van der Waals surface area contributed by atoms with Crippen LogP contribution >= 0.6 is 0 Å². The Morgan fingerprint density at radius 3 is 2.82 bits per heavy atom. The molecule has 8 heteroatoms. The van der Waals surface area contributed by atoms with E-state index in [1.165, 1.54) is 4.57 Å². The third-order valence-corrected chi connectivity index (χ3v) is 4.48. The van der Waals surface area contributed by atoms with Crippen LogP contribution in [0, 0.1) is 12.3 Å². The number of hydrogen-bond acceptors (Lipinski definition) is 5. The van der Waals surface area contributed by atoms with Crippen molar-refractivity contribution in [3.63, 3.8) is 0 Å². The van der Waals surface area contributed by atoms with Crippen LogP contribution in [0.1, 0.15) is 17.8 Å². The molecule has 0 amide bonds. The fourth-order valence-electron chi connectivity index (χ4n) is 3.08. The molecule has 0 radical (unpaired) electrons. The number of ether oxygens (including phenoxy) is 1. The van der Waals surface area contributed by atoms with E-state index in [-0.39, 0.29) is 30.9 Å². The van der Waals surface area contributed by atoms with Gasteiger partial charge in [0.05, 0.1) is 13.7 Å². The van der Waals surface area contributed by atoms with Crippen LogP contribution in [0.15, 0.2) is 33.9 Å². The number of methoxy groups -OCH3 is 1. The first-order valence-electron chi connectivity index (χ1n) is 8.98. The fraction of sp³-hybridized carbons (Fsp3) is 0.350. The molecule has 0 unspecified atom stereocenters. The minimum atomic E-state index is -0.519. The van der Waals surface area contributed by atoms with Gasteiger partial charge in [0.25, 0.3) is 5.56 Å². The van der Waals surface area contributed by atoms with E-state index in [1.807, 2.05) is 24.3 Å². The molecule has 2 N–H and O–H groups in total. The molecule has 0 aliphatic rings. The van der Waals surface area contributed by atoms with Crippen molar-refractivity contribution in [2.24, 2.45) is 0 Å². The van der Waals surface area contributed by atoms with Gasteiger partial charge in [-0.3, -0.25) is 9.36 Å². The summed E-state index contributed by atoms with van der Waals surface area (Å²) < 4.78 is 7.62. The molecule has 2 heterocycles. The van der Waals surface area contributed by atoms with Crippen LogP contribution in [0.5, 0.6) is 5.75 Å². The van der Waals surface area contributed by atoms with Crippen LogP contribution in [0.3, 0.4) is 0 Å². The van der Waals surface area contributed by atoms with E-state index in [0.29, 0.717) is 25.1 Å². The number of benzene rings is 1. The van der Waals surface area contributed by atoms with Crippen molar-refractivity contribution in [1.29, 1.82) is 0 Å². The lowest BCUT2D eigenvalue weighted by Gasteiger charge is -2.08. The van der Waals surface area contributed by atoms with Crippen molar-refractivity contribution in [3.8, 4) is 18.1 Å². The van der Waals surface area contributed by atoms with E-state index in [2.05, 4.69) is 15.9 Å². The maximum Gasteiger partial charge on any atom is 0.333 e. The summed E-state index contributed by atoms with van der Waals surface area (Å²) in [5, 5.41) is 9.12. The maximum absolute atomic E-state index is 12.7. The number of aromatic amines is 1. The largest absolute Gasteiger partial charge is 0.497 e. The molecule has 0 aliphatic heterocycles. The topological polar surface area (TPSA) is 102 Å². The number of rotatable bonds is 8. The normalized spacial score (nSPS) is 10.9. The Morgan fingerprint density at radius 2 is 2.11 bits per heavy atom. The van der Waals surface area contributed by atoms with Gasteiger partial charge in [0, 0.05) is 19.6 Å². The Hall–Kier alpha value is -3.31. The molecule has 0 fully saturated rings. The number of nitrogens with one attached hydrogen (secondary N) is 1. The number of nitrogens with zero attached hydrogens (tertiary/aromatic N) is 3. The average molecular weight is 382 g/mol. The number of aryl methyl sites for hydroxylation is 3. The minimum absolute atomic E-state index is 0.0741. The third-order valence-electron chi connectivity index (χ3n) is 4.48. The summed E-state index contributed by atoms with van der Waals surface area (Å²) in [5.74, 6) is 3.71. The number of imidazole rings is 1. The average Bonchev–Trinajstić information content (AvgIpc) is 3.14. The van der Waals surface area contributed by atoms with Gasteiger partial charge in [-0.2, -0.15) is 0 Å². The molecule has 1 aromatic carbocycles. The molecule has 0 saturated heterocycles. The minimum Gasteiger partial charge on any atom is -0.497 e. The zero-order chi connectivity index (χ0) is 20.1. The molecule has 0 saturated carbocycles. The van der Waals surface area contributed by atoms with Gasteiger partial charge in [0.1, 0.15) is 17.1 Å². The predicted molar refractivity (Wildman–Crippen MR) is 106 cm³/mol. The van der Waals surface area contributed by atoms with Crippen LogP contribution < -0.4 is 16.0 Å². The summed E-state index contributed by atoms with van der Waals surface area (Å²) in [5.41, 5.74) is 0.598. The summed E-state index contributed by atoms with van der Waals surface area (Å²) in [6.45, 7) is 0.0527. The predicted octanol–water partition coefficient (Wildman–Crippen LogP) is 0.696. The summed E-state index contributed by atoms with van der Waals surface area (Å²) in [6, 6.07) is 7.72. The molecule has 3 rings (SSSR count). The van der Waals surface area contributed by atoms with Crippen LogP contribution in [0.25, 0.3) is 11.2 Å². The highest BCUT2D eigenvalue weighted by Gasteiger charge is 2.16. The fourth-order valence-corrected chi connectivity index (χ4v) is 3.08. The van der Waals surface area contributed by atoms with Gasteiger partial charge in [0.15, 0.2) is 5.65 Å². The molecule has 2 aromatic heterocycles. The highest BCUT2D eigenvalue weighted by molar-refractivity contribution is 5.69. The highest BCUT2D eigenvalue weighted by Crippen LogP contribution is 2.15. The zero-order valence-corrected chi connectivity index (χ0v) is 15.6. The van der Waals surface area contributed by atoms with Gasteiger partial charge in [-0.15, -0.1) is 6.42 Å². The SMILES string of the molecule is C#CCn1c(=O)c2[nH]c(CCc3cccc(OC)c3)nc2n(CCCO)c1=O. The second-order valence-corrected chi connectivity index (χ2v) is 6.34. The first-order valence-corrected chi connectivity index (χ1v) is 8.98. The Morgan fingerprint density at radius 1 is 1.29 bits per heavy atom. The number of H-pyrrole nitrogens is 1. The second kappa shape index (κ2) is 8.59. The smallest absolute Gasteiger partial charge is 0.333 e. The summed E-state index contributed by atoms with van der Waals surface area (Å²) in [7, 11) is 1.62. The third kappa shape index (κ3) is 3.85. The lowest BCUT2D eigenvalue weighted by molar-refractivity contribution is 0.279. The summed E-state index contributed by atoms with van der Waals surface area (Å²) in [4.78, 5) is 32.8. The molecule has 0 spiro atoms. The van der Waals surface area contributed by atoms with Gasteiger partial charge in [-0.05, 0) is 30.5 Å². The van der Waals surface area contributed by atoms with Crippen molar-refractivity contribution in [2.75, 3.05) is 13.7 Å². The number of aliphatic hydroxyl groups excluding tert-OH is 1. The van der Waals surface area contributed by atoms with E-state index in [4.69, 9.17) is 16.3 Å². The van der Waals surface area contributed by atoms with Gasteiger partial charge in [-0.25, -0.2) is 14.3 Å². The van der Waals surface area contributed by atoms with E-state index in [0.717, 1.165) is 15.9 Å². The van der Waals surface area contributed by atoms with Crippen molar-refractivity contribution in [2.45, 2.75) is 32.4 Å². The van der Waals surface area contributed by atoms with Crippen LogP contribution in [0.4, 0.5) is 0 Å². The van der Waals surface area contributed by atoms with Crippen LogP contribution in [-0.4, -0.2) is 37.9 Å². The standard InChI is InChI=1S/C20H22N4O4/c1-3-10-24-19(26)17-18(23(20(24)27)11-5-12-25)22-16(21-17)9-8-14-6-4-7-15(13-14)28-2/h1,4,6-7,13,25H,5,8-12H2,2H3,(H,21,22). The number of fused-ring (bicyclic) bond motifs is 1. The van der Waals surface area contributed by atoms with E-state index in [9.17, 15) is 9.59 Å². The van der Waals surface area contributed by atoms with E-state index < -0.39 is 11.2 Å². The Balaban J connectivity index is 1.99. The van der Waals surface area contributed by atoms with Crippen molar-refractivity contribution in [3.05, 3.63) is 56.5 Å². The molecule has 146 valence electrons. The quantitative estimate of drug-likeness (QED) is 0.558. The first kappa shape index (κ1) is 19.5. The highest BCUT2D eigenvalue weighted by atomic mass is 16.5. The first-order chi connectivity index (χ1) is 13.6. The van der Waals surface area contributed by atoms with Crippen LogP contribution in [0.2, 0.25) is 0 Å². The summed E-state index contributed by atoms with van der Waals surface area (Å²) in [6.07, 6.45) is 6.92. The molecule has 3 aromatic rings. The number of terminal acetylenes is 1. The van der Waals surface area contributed by atoms with Crippen LogP contribution in [-0.2, 0) is 25.9 Å². The molecular weight excluding hydrogens is 360 g/mol. The Bertz CT molecular complexity index is 1130. The molecule has 28 heavy (non-hydrogen) atoms. The lowest BCUT2D eigenvalue weighted by atomic mass is 10.1. The van der Waals surface area contributed by atoms with Gasteiger partial charge in [0.2, 0.25) is 0 Å². The van der Waals surface area contributed by atoms with Crippen molar-refractivity contribution >= 4 is 11.2 Å². The molecular formula is C20H22N4O4. The van der Waals surface area contributed by atoms with Crippen molar-refractivity contribution in [1.82, 2.24) is 19.1 Å². The molecule has 8 nitrogen and oxygen atoms in total. The number of aliphatic hydroxyl groups is 1. The van der Waals surface area contributed by atoms with Crippen molar-refractivity contribution < 1.29 is 9.84 Å². The Kier molecular flexibility index (Phi) is 5.96. The zero-order valence-electron chi connectivity index (χ0n) is 15.6. The second-order valence-electron chi connectivity index (χ2n) is 6.34. The molecule has 0 aliphatic carbocycles. The monoisotopic (exact) mass is 382 g/mol. The van der Waals surface area contributed by atoms with Gasteiger partial charge < -0.3 is 14.8 Å².